The number of nitrogens with one attached hydrogen (secondary N) is 1. The second-order valence-corrected chi connectivity index (χ2v) is 5.84. The molecule has 0 radical (unpaired) electrons. The third-order valence-electron chi connectivity index (χ3n) is 3.93. The molecule has 4 rings (SSSR count). The van der Waals surface area contributed by atoms with Gasteiger partial charge in [0.15, 0.2) is 5.82 Å². The van der Waals surface area contributed by atoms with Gasteiger partial charge in [0.05, 0.1) is 5.69 Å². The van der Waals surface area contributed by atoms with Crippen molar-refractivity contribution in [1.82, 2.24) is 14.8 Å². The molecule has 0 saturated heterocycles. The molecule has 0 aliphatic rings. The van der Waals surface area contributed by atoms with Crippen LogP contribution in [0.15, 0.2) is 84.9 Å². The van der Waals surface area contributed by atoms with E-state index in [1.165, 1.54) is 18.2 Å². The Balaban J connectivity index is 1.74. The highest BCUT2D eigenvalue weighted by molar-refractivity contribution is 6.01. The van der Waals surface area contributed by atoms with Gasteiger partial charge in [0.25, 0.3) is 5.91 Å². The van der Waals surface area contributed by atoms with Crippen LogP contribution in [0.5, 0.6) is 0 Å². The number of rotatable bonds is 4. The van der Waals surface area contributed by atoms with Crippen LogP contribution >= 0.6 is 0 Å². The van der Waals surface area contributed by atoms with Crippen LogP contribution < -0.4 is 5.32 Å². The number of aromatic nitrogens is 3. The highest BCUT2D eigenvalue weighted by Crippen LogP contribution is 2.21. The van der Waals surface area contributed by atoms with Crippen molar-refractivity contribution in [1.29, 1.82) is 0 Å². The number of nitrogens with zero attached hydrogens (tertiary/aromatic N) is 3. The van der Waals surface area contributed by atoms with Gasteiger partial charge in [0, 0.05) is 11.3 Å². The average Bonchev–Trinajstić information content (AvgIpc) is 3.15. The molecule has 6 heteroatoms. The molecule has 0 fully saturated rings. The first-order valence-electron chi connectivity index (χ1n) is 8.35. The zero-order valence-corrected chi connectivity index (χ0v) is 14.2. The van der Waals surface area contributed by atoms with Crippen molar-refractivity contribution >= 4 is 11.6 Å². The topological polar surface area (TPSA) is 59.8 Å². The number of hydrogen-bond donors (Lipinski definition) is 1. The van der Waals surface area contributed by atoms with E-state index in [0.717, 1.165) is 11.3 Å². The van der Waals surface area contributed by atoms with E-state index >= 15 is 0 Å². The van der Waals surface area contributed by atoms with Crippen molar-refractivity contribution in [2.24, 2.45) is 0 Å². The second-order valence-electron chi connectivity index (χ2n) is 5.84. The minimum atomic E-state index is -0.507. The minimum Gasteiger partial charge on any atom is -0.319 e. The standard InChI is InChI=1S/C21H15FN4O/c22-16-10-7-11-17(14-16)23-21(27)19-24-20(15-8-3-1-4-9-15)26(25-19)18-12-5-2-6-13-18/h1-14H,(H,23,27). The first-order chi connectivity index (χ1) is 13.2. The lowest BCUT2D eigenvalue weighted by Crippen LogP contribution is -2.14. The van der Waals surface area contributed by atoms with E-state index < -0.39 is 11.7 Å². The van der Waals surface area contributed by atoms with Crippen LogP contribution in [0.25, 0.3) is 17.1 Å². The summed E-state index contributed by atoms with van der Waals surface area (Å²) in [4.78, 5) is 17.0. The number of amides is 1. The molecular weight excluding hydrogens is 343 g/mol. The Morgan fingerprint density at radius 3 is 2.30 bits per heavy atom. The monoisotopic (exact) mass is 358 g/mol. The maximum absolute atomic E-state index is 13.3. The van der Waals surface area contributed by atoms with Gasteiger partial charge in [-0.3, -0.25) is 4.79 Å². The Kier molecular flexibility index (Phi) is 4.45. The largest absolute Gasteiger partial charge is 0.319 e. The molecule has 0 atom stereocenters. The van der Waals surface area contributed by atoms with Crippen molar-refractivity contribution in [3.8, 4) is 17.1 Å². The lowest BCUT2D eigenvalue weighted by molar-refractivity contribution is 0.101. The first kappa shape index (κ1) is 16.7. The lowest BCUT2D eigenvalue weighted by atomic mass is 10.2. The molecule has 1 aromatic heterocycles. The summed E-state index contributed by atoms with van der Waals surface area (Å²) < 4.78 is 15.0. The summed E-state index contributed by atoms with van der Waals surface area (Å²) in [6.45, 7) is 0. The molecule has 0 aliphatic heterocycles. The quantitative estimate of drug-likeness (QED) is 0.591. The molecule has 0 spiro atoms. The number of para-hydroxylation sites is 1. The molecule has 5 nitrogen and oxygen atoms in total. The zero-order valence-electron chi connectivity index (χ0n) is 14.2. The smallest absolute Gasteiger partial charge is 0.295 e. The molecule has 1 heterocycles. The first-order valence-corrected chi connectivity index (χ1v) is 8.35. The maximum Gasteiger partial charge on any atom is 0.295 e. The van der Waals surface area contributed by atoms with E-state index in [-0.39, 0.29) is 5.82 Å². The molecule has 132 valence electrons. The molecule has 0 aliphatic carbocycles. The third kappa shape index (κ3) is 3.59. The van der Waals surface area contributed by atoms with Gasteiger partial charge in [0.2, 0.25) is 5.82 Å². The Morgan fingerprint density at radius 2 is 1.59 bits per heavy atom. The minimum absolute atomic E-state index is 0.00182. The van der Waals surface area contributed by atoms with Gasteiger partial charge >= 0.3 is 0 Å². The second kappa shape index (κ2) is 7.21. The van der Waals surface area contributed by atoms with Crippen LogP contribution in [0, 0.1) is 5.82 Å². The predicted octanol–water partition coefficient (Wildman–Crippen LogP) is 4.33. The van der Waals surface area contributed by atoms with E-state index in [1.54, 1.807) is 10.7 Å². The Hall–Kier alpha value is -3.80. The number of carbonyl (C=O) groups excluding carboxylic acids is 1. The lowest BCUT2D eigenvalue weighted by Gasteiger charge is -2.05. The molecular formula is C21H15FN4O. The van der Waals surface area contributed by atoms with Crippen molar-refractivity contribution in [3.05, 3.63) is 96.6 Å². The molecule has 27 heavy (non-hydrogen) atoms. The van der Waals surface area contributed by atoms with Crippen molar-refractivity contribution < 1.29 is 9.18 Å². The summed E-state index contributed by atoms with van der Waals surface area (Å²) >= 11 is 0. The molecule has 0 bridgehead atoms. The van der Waals surface area contributed by atoms with E-state index in [4.69, 9.17) is 0 Å². The highest BCUT2D eigenvalue weighted by atomic mass is 19.1. The van der Waals surface area contributed by atoms with Crippen LogP contribution in [0.4, 0.5) is 10.1 Å². The fourth-order valence-electron chi connectivity index (χ4n) is 2.68. The van der Waals surface area contributed by atoms with E-state index in [9.17, 15) is 9.18 Å². The summed E-state index contributed by atoms with van der Waals surface area (Å²) in [5.74, 6) is -0.388. The summed E-state index contributed by atoms with van der Waals surface area (Å²) in [6, 6.07) is 24.6. The summed E-state index contributed by atoms with van der Waals surface area (Å²) in [5, 5.41) is 7.00. The number of anilines is 1. The van der Waals surface area contributed by atoms with Crippen LogP contribution in [0.2, 0.25) is 0 Å². The normalized spacial score (nSPS) is 10.6. The third-order valence-corrected chi connectivity index (χ3v) is 3.93. The zero-order chi connectivity index (χ0) is 18.6. The van der Waals surface area contributed by atoms with Gasteiger partial charge in [-0.2, -0.15) is 0 Å². The van der Waals surface area contributed by atoms with Crippen LogP contribution in [-0.4, -0.2) is 20.7 Å². The van der Waals surface area contributed by atoms with Crippen molar-refractivity contribution in [2.45, 2.75) is 0 Å². The molecule has 0 unspecified atom stereocenters. The van der Waals surface area contributed by atoms with Gasteiger partial charge in [-0.25, -0.2) is 14.1 Å². The van der Waals surface area contributed by atoms with E-state index in [0.29, 0.717) is 11.5 Å². The molecule has 1 N–H and O–H groups in total. The number of benzene rings is 3. The fraction of sp³-hybridized carbons (Fsp3) is 0. The van der Waals surface area contributed by atoms with Gasteiger partial charge in [-0.15, -0.1) is 5.10 Å². The van der Waals surface area contributed by atoms with E-state index in [1.807, 2.05) is 60.7 Å². The van der Waals surface area contributed by atoms with Crippen LogP contribution in [0.3, 0.4) is 0 Å². The SMILES string of the molecule is O=C(Nc1cccc(F)c1)c1nc(-c2ccccc2)n(-c2ccccc2)n1. The van der Waals surface area contributed by atoms with Crippen LogP contribution in [0.1, 0.15) is 10.6 Å². The molecule has 0 saturated carbocycles. The predicted molar refractivity (Wildman–Crippen MR) is 101 cm³/mol. The Morgan fingerprint density at radius 1 is 0.889 bits per heavy atom. The molecule has 4 aromatic rings. The number of hydrogen-bond acceptors (Lipinski definition) is 3. The van der Waals surface area contributed by atoms with Gasteiger partial charge in [0.1, 0.15) is 5.82 Å². The average molecular weight is 358 g/mol. The van der Waals surface area contributed by atoms with Crippen molar-refractivity contribution in [2.75, 3.05) is 5.32 Å². The van der Waals surface area contributed by atoms with Crippen LogP contribution in [-0.2, 0) is 0 Å². The summed E-state index contributed by atoms with van der Waals surface area (Å²) in [7, 11) is 0. The number of halogens is 1. The van der Waals surface area contributed by atoms with Gasteiger partial charge < -0.3 is 5.32 Å². The Bertz CT molecular complexity index is 1020. The maximum atomic E-state index is 13.3. The summed E-state index contributed by atoms with van der Waals surface area (Å²) in [6.07, 6.45) is 0. The van der Waals surface area contributed by atoms with Crippen molar-refractivity contribution in [3.63, 3.8) is 0 Å². The molecule has 3 aromatic carbocycles. The van der Waals surface area contributed by atoms with E-state index in [2.05, 4.69) is 15.4 Å². The fourth-order valence-corrected chi connectivity index (χ4v) is 2.68. The number of carbonyl (C=O) groups is 1. The van der Waals surface area contributed by atoms with Gasteiger partial charge in [-0.1, -0.05) is 54.6 Å². The molecule has 1 amide bonds. The van der Waals surface area contributed by atoms with Gasteiger partial charge in [-0.05, 0) is 30.3 Å². The Labute approximate surface area is 155 Å². The highest BCUT2D eigenvalue weighted by Gasteiger charge is 2.18. The summed E-state index contributed by atoms with van der Waals surface area (Å²) in [5.41, 5.74) is 1.96.